The van der Waals surface area contributed by atoms with Crippen LogP contribution in [0, 0.1) is 13.8 Å². The van der Waals surface area contributed by atoms with Crippen molar-refractivity contribution >= 4 is 21.9 Å². The molecule has 3 rings (SSSR count). The minimum atomic E-state index is -0.894. The molecule has 152 valence electrons. The highest BCUT2D eigenvalue weighted by Crippen LogP contribution is 2.25. The van der Waals surface area contributed by atoms with Crippen molar-refractivity contribution in [2.75, 3.05) is 7.11 Å². The van der Waals surface area contributed by atoms with Gasteiger partial charge in [-0.1, -0.05) is 46.3 Å². The van der Waals surface area contributed by atoms with Gasteiger partial charge < -0.3 is 19.7 Å². The molecule has 6 heteroatoms. The lowest BCUT2D eigenvalue weighted by Crippen LogP contribution is -2.16. The van der Waals surface area contributed by atoms with Crippen LogP contribution in [0.5, 0.6) is 5.75 Å². The van der Waals surface area contributed by atoms with E-state index < -0.39 is 5.97 Å². The normalized spacial score (nSPS) is 10.9. The number of nitrogens with zero attached hydrogens (tertiary/aromatic N) is 1. The monoisotopic (exact) mass is 456 g/mol. The van der Waals surface area contributed by atoms with Crippen LogP contribution in [0.1, 0.15) is 38.4 Å². The smallest absolute Gasteiger partial charge is 0.337 e. The molecule has 1 heterocycles. The molecule has 0 aliphatic heterocycles. The summed E-state index contributed by atoms with van der Waals surface area (Å²) in [6.07, 6.45) is 0. The maximum absolute atomic E-state index is 12.0. The average molecular weight is 457 g/mol. The van der Waals surface area contributed by atoms with Crippen LogP contribution >= 0.6 is 15.9 Å². The highest BCUT2D eigenvalue weighted by atomic mass is 79.9. The maximum atomic E-state index is 12.0. The maximum Gasteiger partial charge on any atom is 0.337 e. The molecule has 5 nitrogen and oxygen atoms in total. The number of carbonyl (C=O) groups is 1. The van der Waals surface area contributed by atoms with E-state index in [2.05, 4.69) is 37.9 Å². The Morgan fingerprint density at radius 3 is 2.48 bits per heavy atom. The average Bonchev–Trinajstić information content (AvgIpc) is 2.93. The Labute approximate surface area is 179 Å². The topological polar surface area (TPSA) is 63.5 Å². The van der Waals surface area contributed by atoms with E-state index in [9.17, 15) is 9.90 Å². The first-order chi connectivity index (χ1) is 13.9. The summed E-state index contributed by atoms with van der Waals surface area (Å²) in [5.41, 5.74) is 5.10. The number of carboxylic acids is 1. The first-order valence-corrected chi connectivity index (χ1v) is 10.2. The van der Waals surface area contributed by atoms with Crippen LogP contribution in [-0.2, 0) is 19.6 Å². The first kappa shape index (κ1) is 21.1. The first-order valence-electron chi connectivity index (χ1n) is 9.41. The van der Waals surface area contributed by atoms with Gasteiger partial charge in [-0.25, -0.2) is 4.79 Å². The fourth-order valence-corrected chi connectivity index (χ4v) is 4.07. The minimum Gasteiger partial charge on any atom is -0.496 e. The quantitative estimate of drug-likeness (QED) is 0.505. The van der Waals surface area contributed by atoms with E-state index in [0.717, 1.165) is 38.3 Å². The standard InChI is InChI=1S/C23H25BrN2O3/c1-15-20(13-25-12-18-11-19(24)9-10-21(18)29-3)22(23(27)28)16(2)26(15)14-17-7-5-4-6-8-17/h4-11,25H,12-14H2,1-3H3,(H,27,28). The molecule has 0 aliphatic carbocycles. The number of benzene rings is 2. The van der Waals surface area contributed by atoms with Crippen LogP contribution in [0.3, 0.4) is 0 Å². The van der Waals surface area contributed by atoms with Crippen LogP contribution in [0.4, 0.5) is 0 Å². The van der Waals surface area contributed by atoms with Crippen LogP contribution in [0.2, 0.25) is 0 Å². The molecular weight excluding hydrogens is 432 g/mol. The zero-order valence-corrected chi connectivity index (χ0v) is 18.4. The molecule has 0 radical (unpaired) electrons. The predicted octanol–water partition coefficient (Wildman–Crippen LogP) is 4.91. The summed E-state index contributed by atoms with van der Waals surface area (Å²) < 4.78 is 8.47. The predicted molar refractivity (Wildman–Crippen MR) is 118 cm³/mol. The van der Waals surface area contributed by atoms with Gasteiger partial charge in [0.15, 0.2) is 0 Å². The van der Waals surface area contributed by atoms with Crippen molar-refractivity contribution in [2.45, 2.75) is 33.5 Å². The van der Waals surface area contributed by atoms with Gasteiger partial charge in [0, 0.05) is 46.6 Å². The second-order valence-corrected chi connectivity index (χ2v) is 7.88. The molecule has 1 aromatic heterocycles. The van der Waals surface area contributed by atoms with Crippen molar-refractivity contribution in [3.8, 4) is 5.75 Å². The van der Waals surface area contributed by atoms with Gasteiger partial charge in [0.25, 0.3) is 0 Å². The molecule has 29 heavy (non-hydrogen) atoms. The highest BCUT2D eigenvalue weighted by molar-refractivity contribution is 9.10. The number of hydrogen-bond donors (Lipinski definition) is 2. The van der Waals surface area contributed by atoms with Crippen LogP contribution in [0.15, 0.2) is 53.0 Å². The van der Waals surface area contributed by atoms with E-state index in [1.165, 1.54) is 0 Å². The Kier molecular flexibility index (Phi) is 6.77. The van der Waals surface area contributed by atoms with Gasteiger partial charge in [0.1, 0.15) is 5.75 Å². The lowest BCUT2D eigenvalue weighted by molar-refractivity contribution is 0.0694. The Morgan fingerprint density at radius 1 is 1.10 bits per heavy atom. The van der Waals surface area contributed by atoms with Crippen molar-refractivity contribution in [3.63, 3.8) is 0 Å². The van der Waals surface area contributed by atoms with E-state index in [4.69, 9.17) is 4.74 Å². The summed E-state index contributed by atoms with van der Waals surface area (Å²) in [5.74, 6) is -0.0945. The van der Waals surface area contributed by atoms with E-state index in [1.54, 1.807) is 7.11 Å². The Bertz CT molecular complexity index is 1010. The number of aromatic nitrogens is 1. The zero-order chi connectivity index (χ0) is 21.0. The second-order valence-electron chi connectivity index (χ2n) is 6.96. The third kappa shape index (κ3) is 4.71. The number of nitrogens with one attached hydrogen (secondary N) is 1. The minimum absolute atomic E-state index is 0.382. The highest BCUT2D eigenvalue weighted by Gasteiger charge is 2.22. The van der Waals surface area contributed by atoms with Gasteiger partial charge >= 0.3 is 5.97 Å². The second kappa shape index (κ2) is 9.29. The van der Waals surface area contributed by atoms with E-state index >= 15 is 0 Å². The number of aromatic carboxylic acids is 1. The van der Waals surface area contributed by atoms with Gasteiger partial charge in [-0.2, -0.15) is 0 Å². The van der Waals surface area contributed by atoms with Crippen LogP contribution < -0.4 is 10.1 Å². The van der Waals surface area contributed by atoms with Crippen molar-refractivity contribution in [2.24, 2.45) is 0 Å². The number of rotatable bonds is 8. The molecule has 0 saturated carbocycles. The number of halogens is 1. The summed E-state index contributed by atoms with van der Waals surface area (Å²) in [4.78, 5) is 12.0. The molecule has 0 spiro atoms. The molecule has 0 saturated heterocycles. The molecule has 0 unspecified atom stereocenters. The summed E-state index contributed by atoms with van der Waals surface area (Å²) >= 11 is 3.48. The van der Waals surface area contributed by atoms with E-state index in [-0.39, 0.29) is 0 Å². The molecular formula is C23H25BrN2O3. The van der Waals surface area contributed by atoms with Crippen molar-refractivity contribution < 1.29 is 14.6 Å². The Morgan fingerprint density at radius 2 is 1.83 bits per heavy atom. The lowest BCUT2D eigenvalue weighted by atomic mass is 10.1. The molecule has 0 atom stereocenters. The van der Waals surface area contributed by atoms with E-state index in [1.807, 2.05) is 50.2 Å². The van der Waals surface area contributed by atoms with E-state index in [0.29, 0.717) is 25.2 Å². The van der Waals surface area contributed by atoms with Crippen molar-refractivity contribution in [1.82, 2.24) is 9.88 Å². The number of ether oxygens (including phenoxy) is 1. The Hall–Kier alpha value is -2.57. The summed E-state index contributed by atoms with van der Waals surface area (Å²) in [5, 5.41) is 13.2. The molecule has 2 aromatic carbocycles. The molecule has 0 aliphatic rings. The number of carboxylic acid groups (broad SMARTS) is 1. The molecule has 0 fully saturated rings. The lowest BCUT2D eigenvalue weighted by Gasteiger charge is -2.12. The SMILES string of the molecule is COc1ccc(Br)cc1CNCc1c(C(=O)O)c(C)n(Cc2ccccc2)c1C. The Balaban J connectivity index is 1.84. The van der Waals surface area contributed by atoms with Crippen molar-refractivity contribution in [1.29, 1.82) is 0 Å². The third-order valence-corrected chi connectivity index (χ3v) is 5.66. The number of methoxy groups -OCH3 is 1. The third-order valence-electron chi connectivity index (χ3n) is 5.17. The fraction of sp³-hybridized carbons (Fsp3) is 0.261. The van der Waals surface area contributed by atoms with Gasteiger partial charge in [0.2, 0.25) is 0 Å². The summed E-state index contributed by atoms with van der Waals surface area (Å²) in [7, 11) is 1.65. The van der Waals surface area contributed by atoms with Gasteiger partial charge in [0.05, 0.1) is 12.7 Å². The van der Waals surface area contributed by atoms with Crippen LogP contribution in [-0.4, -0.2) is 22.8 Å². The van der Waals surface area contributed by atoms with Gasteiger partial charge in [-0.3, -0.25) is 0 Å². The van der Waals surface area contributed by atoms with Crippen molar-refractivity contribution in [3.05, 3.63) is 86.6 Å². The fourth-order valence-electron chi connectivity index (χ4n) is 3.66. The summed E-state index contributed by atoms with van der Waals surface area (Å²) in [6.45, 7) is 5.55. The molecule has 0 bridgehead atoms. The summed E-state index contributed by atoms with van der Waals surface area (Å²) in [6, 6.07) is 15.9. The van der Waals surface area contributed by atoms with Gasteiger partial charge in [-0.15, -0.1) is 0 Å². The molecule has 3 aromatic rings. The molecule has 0 amide bonds. The van der Waals surface area contributed by atoms with Crippen LogP contribution in [0.25, 0.3) is 0 Å². The van der Waals surface area contributed by atoms with Gasteiger partial charge in [-0.05, 0) is 37.6 Å². The number of hydrogen-bond acceptors (Lipinski definition) is 3. The molecule has 2 N–H and O–H groups in total. The largest absolute Gasteiger partial charge is 0.496 e. The zero-order valence-electron chi connectivity index (χ0n) is 16.8.